The van der Waals surface area contributed by atoms with E-state index < -0.39 is 0 Å². The molecule has 0 atom stereocenters. The molecule has 0 N–H and O–H groups in total. The number of carbonyl (C=O) groups excluding carboxylic acids is 2. The molecule has 2 aliphatic rings. The summed E-state index contributed by atoms with van der Waals surface area (Å²) < 4.78 is 20.6. The molecule has 2 saturated heterocycles. The Bertz CT molecular complexity index is 359. The highest BCUT2D eigenvalue weighted by molar-refractivity contribution is 5.70. The first-order chi connectivity index (χ1) is 10.4. The second kappa shape index (κ2) is 7.42. The highest BCUT2D eigenvalue weighted by Crippen LogP contribution is 2.27. The lowest BCUT2D eigenvalue weighted by Crippen LogP contribution is -2.44. The summed E-state index contributed by atoms with van der Waals surface area (Å²) in [6.07, 6.45) is 1.97. The van der Waals surface area contributed by atoms with Crippen LogP contribution in [0.4, 0.5) is 0 Å². The van der Waals surface area contributed by atoms with Gasteiger partial charge in [-0.1, -0.05) is 13.8 Å². The molecule has 6 nitrogen and oxygen atoms in total. The predicted molar refractivity (Wildman–Crippen MR) is 78.2 cm³/mol. The molecule has 0 bridgehead atoms. The predicted octanol–water partition coefficient (Wildman–Crippen LogP) is 1.71. The first-order valence-corrected chi connectivity index (χ1v) is 7.88. The molecule has 0 radical (unpaired) electrons. The molecular weight excluding hydrogens is 288 g/mol. The van der Waals surface area contributed by atoms with Crippen molar-refractivity contribution in [2.45, 2.75) is 39.5 Å². The average molecular weight is 314 g/mol. The van der Waals surface area contributed by atoms with Gasteiger partial charge < -0.3 is 18.9 Å². The number of ether oxygens (including phenoxy) is 4. The summed E-state index contributed by atoms with van der Waals surface area (Å²) in [7, 11) is 0. The van der Waals surface area contributed by atoms with Crippen LogP contribution in [0.15, 0.2) is 0 Å². The van der Waals surface area contributed by atoms with Crippen molar-refractivity contribution in [2.24, 2.45) is 10.8 Å². The lowest BCUT2D eigenvalue weighted by Gasteiger charge is -2.37. The Labute approximate surface area is 131 Å². The number of carbonyl (C=O) groups is 2. The van der Waals surface area contributed by atoms with Gasteiger partial charge in [-0.15, -0.1) is 0 Å². The van der Waals surface area contributed by atoms with E-state index in [0.29, 0.717) is 65.3 Å². The summed E-state index contributed by atoms with van der Waals surface area (Å²) in [4.78, 5) is 23.2. The Morgan fingerprint density at radius 3 is 1.45 bits per heavy atom. The van der Waals surface area contributed by atoms with E-state index in [2.05, 4.69) is 0 Å². The number of hydrogen-bond donors (Lipinski definition) is 0. The van der Waals surface area contributed by atoms with E-state index in [1.807, 2.05) is 13.8 Å². The molecule has 0 unspecified atom stereocenters. The second-order valence-electron chi connectivity index (χ2n) is 7.14. The maximum atomic E-state index is 11.6. The number of unbranched alkanes of at least 4 members (excludes halogenated alkanes) is 1. The van der Waals surface area contributed by atoms with Crippen LogP contribution in [-0.4, -0.2) is 51.6 Å². The van der Waals surface area contributed by atoms with Crippen molar-refractivity contribution in [1.29, 1.82) is 0 Å². The molecule has 6 heteroatoms. The van der Waals surface area contributed by atoms with Gasteiger partial charge in [-0.05, 0) is 12.8 Å². The van der Waals surface area contributed by atoms with E-state index in [1.54, 1.807) is 0 Å². The molecule has 22 heavy (non-hydrogen) atoms. The number of hydrogen-bond acceptors (Lipinski definition) is 6. The lowest BCUT2D eigenvalue weighted by atomic mass is 9.90. The van der Waals surface area contributed by atoms with Crippen LogP contribution in [-0.2, 0) is 28.5 Å². The summed E-state index contributed by atoms with van der Waals surface area (Å²) in [5.74, 6) is -0.416. The Morgan fingerprint density at radius 2 is 1.18 bits per heavy atom. The maximum Gasteiger partial charge on any atom is 0.305 e. The van der Waals surface area contributed by atoms with Gasteiger partial charge in [0.25, 0.3) is 0 Å². The van der Waals surface area contributed by atoms with Crippen LogP contribution in [0.5, 0.6) is 0 Å². The minimum Gasteiger partial charge on any atom is -0.465 e. The van der Waals surface area contributed by atoms with Gasteiger partial charge >= 0.3 is 11.9 Å². The van der Waals surface area contributed by atoms with Crippen LogP contribution in [0.1, 0.15) is 39.5 Å². The van der Waals surface area contributed by atoms with Gasteiger partial charge in [0.2, 0.25) is 0 Å². The van der Waals surface area contributed by atoms with Crippen molar-refractivity contribution in [3.63, 3.8) is 0 Å². The van der Waals surface area contributed by atoms with Crippen molar-refractivity contribution < 1.29 is 28.5 Å². The van der Waals surface area contributed by atoms with Gasteiger partial charge in [0.1, 0.15) is 13.2 Å². The SMILES string of the molecule is CC1(COC(=O)CCCCC(=O)OCC2(C)COC2)COC1. The Morgan fingerprint density at radius 1 is 0.818 bits per heavy atom. The minimum atomic E-state index is -0.208. The van der Waals surface area contributed by atoms with Gasteiger partial charge in [0.15, 0.2) is 0 Å². The zero-order chi connectivity index (χ0) is 16.1. The van der Waals surface area contributed by atoms with E-state index in [0.717, 1.165) is 0 Å². The highest BCUT2D eigenvalue weighted by Gasteiger charge is 2.35. The van der Waals surface area contributed by atoms with Gasteiger partial charge in [-0.25, -0.2) is 0 Å². The van der Waals surface area contributed by atoms with Gasteiger partial charge in [0, 0.05) is 23.7 Å². The summed E-state index contributed by atoms with van der Waals surface area (Å²) >= 11 is 0. The van der Waals surface area contributed by atoms with Crippen LogP contribution in [0.2, 0.25) is 0 Å². The Kier molecular flexibility index (Phi) is 5.81. The van der Waals surface area contributed by atoms with E-state index >= 15 is 0 Å². The largest absolute Gasteiger partial charge is 0.465 e. The van der Waals surface area contributed by atoms with Crippen LogP contribution in [0.3, 0.4) is 0 Å². The van der Waals surface area contributed by atoms with Crippen LogP contribution in [0.25, 0.3) is 0 Å². The molecule has 0 amide bonds. The molecular formula is C16H26O6. The molecule has 2 rings (SSSR count). The number of rotatable bonds is 9. The fourth-order valence-corrected chi connectivity index (χ4v) is 2.26. The third-order valence-corrected chi connectivity index (χ3v) is 3.98. The van der Waals surface area contributed by atoms with Gasteiger partial charge in [0.05, 0.1) is 26.4 Å². The van der Waals surface area contributed by atoms with Crippen LogP contribution in [0, 0.1) is 10.8 Å². The van der Waals surface area contributed by atoms with E-state index in [4.69, 9.17) is 18.9 Å². The Hall–Kier alpha value is -1.14. The first-order valence-electron chi connectivity index (χ1n) is 7.88. The highest BCUT2D eigenvalue weighted by atomic mass is 16.6. The third kappa shape index (κ3) is 5.25. The monoisotopic (exact) mass is 314 g/mol. The van der Waals surface area contributed by atoms with E-state index in [9.17, 15) is 9.59 Å². The van der Waals surface area contributed by atoms with Crippen LogP contribution < -0.4 is 0 Å². The standard InChI is InChI=1S/C16H26O6/c1-15(7-19-8-15)11-21-13(17)5-3-4-6-14(18)22-12-16(2)9-20-10-16/h3-12H2,1-2H3. The summed E-state index contributed by atoms with van der Waals surface area (Å²) in [5, 5.41) is 0. The zero-order valence-electron chi connectivity index (χ0n) is 13.5. The molecule has 0 spiro atoms. The Balaban J connectivity index is 1.45. The summed E-state index contributed by atoms with van der Waals surface area (Å²) in [5.41, 5.74) is -0.0262. The van der Waals surface area contributed by atoms with Crippen LogP contribution >= 0.6 is 0 Å². The zero-order valence-corrected chi connectivity index (χ0v) is 13.5. The number of esters is 2. The average Bonchev–Trinajstić information content (AvgIpc) is 2.43. The summed E-state index contributed by atoms with van der Waals surface area (Å²) in [6.45, 7) is 7.49. The first kappa shape index (κ1) is 17.2. The van der Waals surface area contributed by atoms with Crippen molar-refractivity contribution in [3.8, 4) is 0 Å². The molecule has 126 valence electrons. The quantitative estimate of drug-likeness (QED) is 0.476. The molecule has 2 fully saturated rings. The lowest BCUT2D eigenvalue weighted by molar-refractivity contribution is -0.166. The topological polar surface area (TPSA) is 71.1 Å². The molecule has 2 heterocycles. The maximum absolute atomic E-state index is 11.6. The van der Waals surface area contributed by atoms with Crippen molar-refractivity contribution in [1.82, 2.24) is 0 Å². The van der Waals surface area contributed by atoms with Crippen molar-refractivity contribution in [3.05, 3.63) is 0 Å². The molecule has 0 aromatic carbocycles. The fourth-order valence-electron chi connectivity index (χ4n) is 2.26. The molecule has 0 saturated carbocycles. The molecule has 0 aromatic heterocycles. The van der Waals surface area contributed by atoms with Crippen molar-refractivity contribution in [2.75, 3.05) is 39.6 Å². The van der Waals surface area contributed by atoms with E-state index in [-0.39, 0.29) is 22.8 Å². The van der Waals surface area contributed by atoms with E-state index in [1.165, 1.54) is 0 Å². The summed E-state index contributed by atoms with van der Waals surface area (Å²) in [6, 6.07) is 0. The fraction of sp³-hybridized carbons (Fsp3) is 0.875. The third-order valence-electron chi connectivity index (χ3n) is 3.98. The molecule has 0 aromatic rings. The van der Waals surface area contributed by atoms with Crippen molar-refractivity contribution >= 4 is 11.9 Å². The van der Waals surface area contributed by atoms with Gasteiger partial charge in [-0.3, -0.25) is 9.59 Å². The normalized spacial score (nSPS) is 21.4. The van der Waals surface area contributed by atoms with Gasteiger partial charge in [-0.2, -0.15) is 0 Å². The second-order valence-corrected chi connectivity index (χ2v) is 7.14. The smallest absolute Gasteiger partial charge is 0.305 e. The molecule has 0 aliphatic carbocycles. The minimum absolute atomic E-state index is 0.0131. The molecule has 2 aliphatic heterocycles.